The van der Waals surface area contributed by atoms with Crippen LogP contribution in [0.2, 0.25) is 0 Å². The van der Waals surface area contributed by atoms with Crippen molar-refractivity contribution in [2.45, 2.75) is 26.2 Å². The van der Waals surface area contributed by atoms with Gasteiger partial charge in [-0.05, 0) is 53.1 Å². The molecule has 0 rings (SSSR count). The van der Waals surface area contributed by atoms with E-state index in [9.17, 15) is 0 Å². The van der Waals surface area contributed by atoms with Crippen molar-refractivity contribution in [2.24, 2.45) is 10.9 Å². The molecule has 0 saturated heterocycles. The molecule has 0 unspecified atom stereocenters. The average molecular weight is 230 g/mol. The second-order valence-corrected chi connectivity index (χ2v) is 4.29. The van der Waals surface area contributed by atoms with Crippen LogP contribution < -0.4 is 5.73 Å². The van der Waals surface area contributed by atoms with Gasteiger partial charge >= 0.3 is 0 Å². The van der Waals surface area contributed by atoms with Gasteiger partial charge in [0.1, 0.15) is 5.84 Å². The van der Waals surface area contributed by atoms with Crippen molar-refractivity contribution in [3.8, 4) is 0 Å². The van der Waals surface area contributed by atoms with E-state index in [4.69, 9.17) is 10.9 Å². The van der Waals surface area contributed by atoms with Gasteiger partial charge in [0.2, 0.25) is 0 Å². The number of nitrogens with two attached hydrogens (primary N) is 1. The van der Waals surface area contributed by atoms with E-state index in [-0.39, 0.29) is 0 Å². The quantitative estimate of drug-likeness (QED) is 0.266. The van der Waals surface area contributed by atoms with E-state index in [1.165, 1.54) is 6.42 Å². The van der Waals surface area contributed by atoms with Crippen LogP contribution in [0.15, 0.2) is 5.16 Å². The summed E-state index contributed by atoms with van der Waals surface area (Å²) in [4.78, 5) is 4.60. The van der Waals surface area contributed by atoms with E-state index >= 15 is 0 Å². The Balaban J connectivity index is 3.59. The fourth-order valence-corrected chi connectivity index (χ4v) is 1.57. The van der Waals surface area contributed by atoms with Crippen LogP contribution in [0.25, 0.3) is 0 Å². The summed E-state index contributed by atoms with van der Waals surface area (Å²) in [5, 5.41) is 11.4. The fraction of sp³-hybridized carbons (Fsp3) is 0.909. The highest BCUT2D eigenvalue weighted by Gasteiger charge is 2.03. The molecule has 5 heteroatoms. The van der Waals surface area contributed by atoms with Crippen molar-refractivity contribution in [1.29, 1.82) is 0 Å². The zero-order valence-electron chi connectivity index (χ0n) is 10.8. The van der Waals surface area contributed by atoms with Crippen LogP contribution in [0, 0.1) is 0 Å². The third kappa shape index (κ3) is 8.49. The summed E-state index contributed by atoms with van der Waals surface area (Å²) in [7, 11) is 4.18. The number of hydrogen-bond donors (Lipinski definition) is 2. The first-order valence-electron chi connectivity index (χ1n) is 5.93. The summed E-state index contributed by atoms with van der Waals surface area (Å²) in [5.41, 5.74) is 5.42. The average Bonchev–Trinajstić information content (AvgIpc) is 2.26. The molecule has 0 aromatic heterocycles. The van der Waals surface area contributed by atoms with Crippen LogP contribution in [-0.2, 0) is 0 Å². The predicted octanol–water partition coefficient (Wildman–Crippen LogP) is 0.787. The lowest BCUT2D eigenvalue weighted by molar-refractivity contribution is 0.264. The van der Waals surface area contributed by atoms with E-state index in [0.717, 1.165) is 32.6 Å². The van der Waals surface area contributed by atoms with Crippen LogP contribution in [0.1, 0.15) is 26.2 Å². The molecule has 0 heterocycles. The fourth-order valence-electron chi connectivity index (χ4n) is 1.57. The topological polar surface area (TPSA) is 65.1 Å². The Kier molecular flexibility index (Phi) is 8.94. The first-order chi connectivity index (χ1) is 7.60. The molecule has 96 valence electrons. The third-order valence-corrected chi connectivity index (χ3v) is 2.56. The molecule has 0 radical (unpaired) electrons. The second-order valence-electron chi connectivity index (χ2n) is 4.29. The number of nitrogens with zero attached hydrogens (tertiary/aromatic N) is 3. The normalized spacial score (nSPS) is 12.7. The SMILES string of the molecule is CCN(CCCC(N)=NO)CCCN(C)C. The Morgan fingerprint density at radius 2 is 1.81 bits per heavy atom. The minimum absolute atomic E-state index is 0.323. The molecule has 0 fully saturated rings. The monoisotopic (exact) mass is 230 g/mol. The maximum absolute atomic E-state index is 8.40. The standard InChI is InChI=1S/C11H26N4O/c1-4-15(10-6-8-14(2)3)9-5-7-11(12)13-16/h16H,4-10H2,1-3H3,(H2,12,13). The highest BCUT2D eigenvalue weighted by Crippen LogP contribution is 1.97. The largest absolute Gasteiger partial charge is 0.409 e. The maximum atomic E-state index is 8.40. The Morgan fingerprint density at radius 1 is 1.19 bits per heavy atom. The Bertz CT molecular complexity index is 194. The highest BCUT2D eigenvalue weighted by atomic mass is 16.4. The molecule has 16 heavy (non-hydrogen) atoms. The summed E-state index contributed by atoms with van der Waals surface area (Å²) in [6.45, 7) is 6.48. The summed E-state index contributed by atoms with van der Waals surface area (Å²) in [6.07, 6.45) is 2.80. The molecule has 0 spiro atoms. The first-order valence-corrected chi connectivity index (χ1v) is 5.93. The Morgan fingerprint density at radius 3 is 2.31 bits per heavy atom. The second kappa shape index (κ2) is 9.42. The molecule has 0 aliphatic carbocycles. The molecule has 0 aromatic carbocycles. The lowest BCUT2D eigenvalue weighted by atomic mass is 10.2. The summed E-state index contributed by atoms with van der Waals surface area (Å²) in [5.74, 6) is 0.323. The molecule has 0 bridgehead atoms. The van der Waals surface area contributed by atoms with Gasteiger partial charge in [0.25, 0.3) is 0 Å². The summed E-state index contributed by atoms with van der Waals surface area (Å²) in [6, 6.07) is 0. The van der Waals surface area contributed by atoms with E-state index < -0.39 is 0 Å². The minimum atomic E-state index is 0.323. The summed E-state index contributed by atoms with van der Waals surface area (Å²) < 4.78 is 0. The van der Waals surface area contributed by atoms with E-state index in [1.807, 2.05) is 0 Å². The molecule has 0 aliphatic rings. The number of oxime groups is 1. The van der Waals surface area contributed by atoms with Crippen LogP contribution in [0.5, 0.6) is 0 Å². The molecular formula is C11H26N4O. The molecule has 5 nitrogen and oxygen atoms in total. The van der Waals surface area contributed by atoms with Gasteiger partial charge in [-0.25, -0.2) is 0 Å². The van der Waals surface area contributed by atoms with Gasteiger partial charge in [0.15, 0.2) is 0 Å². The van der Waals surface area contributed by atoms with Crippen LogP contribution in [-0.4, -0.2) is 61.1 Å². The van der Waals surface area contributed by atoms with E-state index in [2.05, 4.69) is 36.0 Å². The van der Waals surface area contributed by atoms with Gasteiger partial charge in [-0.3, -0.25) is 0 Å². The highest BCUT2D eigenvalue weighted by molar-refractivity contribution is 5.79. The third-order valence-electron chi connectivity index (χ3n) is 2.56. The number of rotatable bonds is 9. The van der Waals surface area contributed by atoms with Crippen molar-refractivity contribution < 1.29 is 5.21 Å². The van der Waals surface area contributed by atoms with Gasteiger partial charge < -0.3 is 20.7 Å². The van der Waals surface area contributed by atoms with Crippen LogP contribution in [0.4, 0.5) is 0 Å². The Labute approximate surface area is 98.9 Å². The molecule has 0 aromatic rings. The zero-order chi connectivity index (χ0) is 12.4. The van der Waals surface area contributed by atoms with Gasteiger partial charge in [0, 0.05) is 6.42 Å². The van der Waals surface area contributed by atoms with Gasteiger partial charge in [-0.15, -0.1) is 0 Å². The van der Waals surface area contributed by atoms with Crippen molar-refractivity contribution in [2.75, 3.05) is 40.3 Å². The number of hydrogen-bond acceptors (Lipinski definition) is 4. The molecule has 0 atom stereocenters. The molecule has 3 N–H and O–H groups in total. The molecule has 0 saturated carbocycles. The smallest absolute Gasteiger partial charge is 0.139 e. The zero-order valence-corrected chi connectivity index (χ0v) is 10.8. The lowest BCUT2D eigenvalue weighted by Gasteiger charge is -2.21. The number of amidine groups is 1. The molecule has 0 amide bonds. The van der Waals surface area contributed by atoms with Crippen molar-refractivity contribution in [3.63, 3.8) is 0 Å². The maximum Gasteiger partial charge on any atom is 0.139 e. The van der Waals surface area contributed by atoms with Gasteiger partial charge in [0.05, 0.1) is 0 Å². The Hall–Kier alpha value is -0.810. The molecular weight excluding hydrogens is 204 g/mol. The summed E-state index contributed by atoms with van der Waals surface area (Å²) >= 11 is 0. The first kappa shape index (κ1) is 15.2. The van der Waals surface area contributed by atoms with Crippen molar-refractivity contribution in [3.05, 3.63) is 0 Å². The van der Waals surface area contributed by atoms with Gasteiger partial charge in [-0.2, -0.15) is 0 Å². The minimum Gasteiger partial charge on any atom is -0.409 e. The van der Waals surface area contributed by atoms with Crippen molar-refractivity contribution >= 4 is 5.84 Å². The van der Waals surface area contributed by atoms with Crippen LogP contribution >= 0.6 is 0 Å². The predicted molar refractivity (Wildman–Crippen MR) is 67.9 cm³/mol. The molecule has 0 aliphatic heterocycles. The van der Waals surface area contributed by atoms with E-state index in [0.29, 0.717) is 12.3 Å². The van der Waals surface area contributed by atoms with E-state index in [1.54, 1.807) is 0 Å². The van der Waals surface area contributed by atoms with Crippen LogP contribution in [0.3, 0.4) is 0 Å². The lowest BCUT2D eigenvalue weighted by Crippen LogP contribution is -2.29. The van der Waals surface area contributed by atoms with Gasteiger partial charge in [-0.1, -0.05) is 12.1 Å². The van der Waals surface area contributed by atoms with Crippen molar-refractivity contribution in [1.82, 2.24) is 9.80 Å².